The first kappa shape index (κ1) is 13.4. The molecule has 0 spiro atoms. The quantitative estimate of drug-likeness (QED) is 0.716. The summed E-state index contributed by atoms with van der Waals surface area (Å²) in [6, 6.07) is 6.32. The number of anilines is 1. The second-order valence-corrected chi connectivity index (χ2v) is 5.18. The van der Waals surface area contributed by atoms with Crippen molar-refractivity contribution < 1.29 is 5.11 Å². The monoisotopic (exact) mass is 248 g/mol. The van der Waals surface area contributed by atoms with Gasteiger partial charge in [0.1, 0.15) is 0 Å². The van der Waals surface area contributed by atoms with E-state index in [-0.39, 0.29) is 12.1 Å². The van der Waals surface area contributed by atoms with Crippen molar-refractivity contribution in [2.24, 2.45) is 0 Å². The number of aliphatic hydroxyl groups is 1. The summed E-state index contributed by atoms with van der Waals surface area (Å²) in [7, 11) is 0. The van der Waals surface area contributed by atoms with Gasteiger partial charge in [0.25, 0.3) is 0 Å². The molecule has 1 aromatic carbocycles. The number of nitrogen functional groups attached to an aromatic ring is 1. The van der Waals surface area contributed by atoms with Crippen LogP contribution >= 0.6 is 0 Å². The molecule has 0 radical (unpaired) electrons. The molecule has 0 aliphatic heterocycles. The fraction of sp³-hybridized carbons (Fsp3) is 0.600. The van der Waals surface area contributed by atoms with Crippen molar-refractivity contribution in [2.75, 3.05) is 5.73 Å². The number of aliphatic hydroxyl groups excluding tert-OH is 1. The van der Waals surface area contributed by atoms with Gasteiger partial charge in [0.05, 0.1) is 6.10 Å². The highest BCUT2D eigenvalue weighted by Gasteiger charge is 2.22. The van der Waals surface area contributed by atoms with E-state index >= 15 is 0 Å². The molecule has 0 bridgehead atoms. The molecule has 2 rings (SSSR count). The van der Waals surface area contributed by atoms with Crippen LogP contribution in [-0.4, -0.2) is 17.3 Å². The smallest absolute Gasteiger partial charge is 0.0693 e. The van der Waals surface area contributed by atoms with Crippen molar-refractivity contribution in [3.05, 3.63) is 29.3 Å². The van der Waals surface area contributed by atoms with Crippen LogP contribution in [0.1, 0.15) is 43.7 Å². The molecule has 0 saturated heterocycles. The van der Waals surface area contributed by atoms with Gasteiger partial charge >= 0.3 is 0 Å². The van der Waals surface area contributed by atoms with Gasteiger partial charge in [0, 0.05) is 18.3 Å². The van der Waals surface area contributed by atoms with Gasteiger partial charge in [-0.3, -0.25) is 0 Å². The lowest BCUT2D eigenvalue weighted by atomic mass is 9.92. The van der Waals surface area contributed by atoms with Gasteiger partial charge in [-0.25, -0.2) is 0 Å². The van der Waals surface area contributed by atoms with Gasteiger partial charge < -0.3 is 16.2 Å². The molecule has 0 heterocycles. The highest BCUT2D eigenvalue weighted by Crippen LogP contribution is 2.21. The van der Waals surface area contributed by atoms with E-state index in [9.17, 15) is 5.11 Å². The van der Waals surface area contributed by atoms with Gasteiger partial charge in [-0.05, 0) is 36.5 Å². The Labute approximate surface area is 109 Å². The van der Waals surface area contributed by atoms with Crippen LogP contribution in [0.2, 0.25) is 0 Å². The Hall–Kier alpha value is -1.06. The lowest BCUT2D eigenvalue weighted by molar-refractivity contribution is 0.0902. The maximum absolute atomic E-state index is 9.94. The highest BCUT2D eigenvalue weighted by atomic mass is 16.3. The van der Waals surface area contributed by atoms with E-state index in [1.165, 1.54) is 17.5 Å². The molecule has 3 nitrogen and oxygen atoms in total. The predicted molar refractivity (Wildman–Crippen MR) is 75.3 cm³/mol. The minimum atomic E-state index is -0.190. The van der Waals surface area contributed by atoms with Gasteiger partial charge in [-0.15, -0.1) is 0 Å². The Morgan fingerprint density at radius 2 is 2.11 bits per heavy atom. The topological polar surface area (TPSA) is 58.3 Å². The van der Waals surface area contributed by atoms with E-state index in [0.29, 0.717) is 0 Å². The third kappa shape index (κ3) is 3.03. The van der Waals surface area contributed by atoms with Gasteiger partial charge in [0.15, 0.2) is 0 Å². The molecular weight excluding hydrogens is 224 g/mol. The van der Waals surface area contributed by atoms with Gasteiger partial charge in [-0.1, -0.05) is 31.9 Å². The number of benzene rings is 1. The summed E-state index contributed by atoms with van der Waals surface area (Å²) in [4.78, 5) is 0. The second-order valence-electron chi connectivity index (χ2n) is 5.18. The highest BCUT2D eigenvalue weighted by molar-refractivity contribution is 5.50. The molecule has 18 heavy (non-hydrogen) atoms. The minimum absolute atomic E-state index is 0.190. The molecule has 100 valence electrons. The van der Waals surface area contributed by atoms with Crippen LogP contribution in [0, 0.1) is 0 Å². The zero-order chi connectivity index (χ0) is 13.0. The molecular formula is C15H24N2O. The molecule has 1 fully saturated rings. The molecule has 2 unspecified atom stereocenters. The minimum Gasteiger partial charge on any atom is -0.398 e. The van der Waals surface area contributed by atoms with Crippen molar-refractivity contribution in [1.29, 1.82) is 0 Å². The van der Waals surface area contributed by atoms with Gasteiger partial charge in [-0.2, -0.15) is 0 Å². The first-order valence-corrected chi connectivity index (χ1v) is 7.00. The van der Waals surface area contributed by atoms with Crippen LogP contribution in [0.5, 0.6) is 0 Å². The predicted octanol–water partition coefficient (Wildman–Crippen LogP) is 2.22. The third-order valence-corrected chi connectivity index (χ3v) is 3.95. The van der Waals surface area contributed by atoms with Crippen molar-refractivity contribution >= 4 is 5.69 Å². The summed E-state index contributed by atoms with van der Waals surface area (Å²) in [5.74, 6) is 0. The van der Waals surface area contributed by atoms with Crippen LogP contribution in [0.25, 0.3) is 0 Å². The van der Waals surface area contributed by atoms with Crippen molar-refractivity contribution in [3.63, 3.8) is 0 Å². The lowest BCUT2D eigenvalue weighted by Crippen LogP contribution is -2.41. The molecule has 2 atom stereocenters. The summed E-state index contributed by atoms with van der Waals surface area (Å²) in [5.41, 5.74) is 9.36. The average Bonchev–Trinajstić information content (AvgIpc) is 2.38. The maximum atomic E-state index is 9.94. The molecule has 1 saturated carbocycles. The summed E-state index contributed by atoms with van der Waals surface area (Å²) in [5, 5.41) is 13.4. The summed E-state index contributed by atoms with van der Waals surface area (Å²) < 4.78 is 0. The standard InChI is InChI=1S/C15H24N2O/c1-2-12-11(6-5-7-13(12)16)10-17-14-8-3-4-9-15(14)18/h5-7,14-15,17-18H,2-4,8-10,16H2,1H3. The summed E-state index contributed by atoms with van der Waals surface area (Å²) >= 11 is 0. The van der Waals surface area contributed by atoms with Crippen molar-refractivity contribution in [2.45, 2.75) is 57.7 Å². The van der Waals surface area contributed by atoms with Gasteiger partial charge in [0.2, 0.25) is 0 Å². The van der Waals surface area contributed by atoms with E-state index in [0.717, 1.165) is 37.9 Å². The zero-order valence-corrected chi connectivity index (χ0v) is 11.2. The Balaban J connectivity index is 1.99. The first-order valence-electron chi connectivity index (χ1n) is 7.00. The number of nitrogens with two attached hydrogens (primary N) is 1. The molecule has 0 amide bonds. The number of hydrogen-bond donors (Lipinski definition) is 3. The fourth-order valence-corrected chi connectivity index (χ4v) is 2.84. The van der Waals surface area contributed by atoms with Crippen molar-refractivity contribution in [3.8, 4) is 0 Å². The van der Waals surface area contributed by atoms with E-state index in [4.69, 9.17) is 5.73 Å². The van der Waals surface area contributed by atoms with Crippen LogP contribution in [0.15, 0.2) is 18.2 Å². The largest absolute Gasteiger partial charge is 0.398 e. The van der Waals surface area contributed by atoms with E-state index in [1.807, 2.05) is 12.1 Å². The zero-order valence-electron chi connectivity index (χ0n) is 11.2. The Kier molecular flexibility index (Phi) is 4.61. The molecule has 1 aromatic rings. The van der Waals surface area contributed by atoms with E-state index < -0.39 is 0 Å². The van der Waals surface area contributed by atoms with Crippen LogP contribution in [0.4, 0.5) is 5.69 Å². The number of rotatable bonds is 4. The van der Waals surface area contributed by atoms with E-state index in [2.05, 4.69) is 18.3 Å². The average molecular weight is 248 g/mol. The van der Waals surface area contributed by atoms with Crippen LogP contribution in [0.3, 0.4) is 0 Å². The normalized spacial score (nSPS) is 24.1. The summed E-state index contributed by atoms with van der Waals surface area (Å²) in [6.07, 6.45) is 5.13. The second kappa shape index (κ2) is 6.21. The first-order chi connectivity index (χ1) is 8.72. The van der Waals surface area contributed by atoms with E-state index in [1.54, 1.807) is 0 Å². The van der Waals surface area contributed by atoms with Crippen LogP contribution < -0.4 is 11.1 Å². The molecule has 1 aliphatic rings. The Morgan fingerprint density at radius 3 is 2.83 bits per heavy atom. The molecule has 1 aliphatic carbocycles. The summed E-state index contributed by atoms with van der Waals surface area (Å²) in [6.45, 7) is 2.93. The Bertz CT molecular complexity index is 392. The molecule has 4 N–H and O–H groups in total. The fourth-order valence-electron chi connectivity index (χ4n) is 2.84. The van der Waals surface area contributed by atoms with Crippen molar-refractivity contribution in [1.82, 2.24) is 5.32 Å². The SMILES string of the molecule is CCc1c(N)cccc1CNC1CCCCC1O. The number of nitrogens with one attached hydrogen (secondary N) is 1. The third-order valence-electron chi connectivity index (χ3n) is 3.95. The maximum Gasteiger partial charge on any atom is 0.0693 e. The lowest BCUT2D eigenvalue weighted by Gasteiger charge is -2.29. The molecule has 3 heteroatoms. The number of hydrogen-bond acceptors (Lipinski definition) is 3. The molecule has 0 aromatic heterocycles. The Morgan fingerprint density at radius 1 is 1.33 bits per heavy atom. The van der Waals surface area contributed by atoms with Crippen LogP contribution in [-0.2, 0) is 13.0 Å².